The van der Waals surface area contributed by atoms with Gasteiger partial charge < -0.3 is 14.9 Å². The fourth-order valence-electron chi connectivity index (χ4n) is 3.97. The summed E-state index contributed by atoms with van der Waals surface area (Å²) in [6.07, 6.45) is 0.662. The molecule has 3 aromatic rings. The molecule has 1 N–H and O–H groups in total. The number of amides is 1. The second-order valence-electron chi connectivity index (χ2n) is 8.38. The highest BCUT2D eigenvalue weighted by Gasteiger charge is 2.24. The summed E-state index contributed by atoms with van der Waals surface area (Å²) in [5.74, 6) is -1.32. The number of carbonyl (C=O) groups excluding carboxylic acids is 1. The largest absolute Gasteiger partial charge is 0.480 e. The summed E-state index contributed by atoms with van der Waals surface area (Å²) < 4.78 is 0. The maximum absolute atomic E-state index is 13.0. The molecule has 1 amide bonds. The standard InChI is InChI=1S/C28H31ClN2O3/c1-6-20-16-22(11-13-25(20)27(32)30(5)19(4)28(33)34)21-9-8-10-23(17-21)31(7-2)24-12-14-26(29)18(3)15-24/h8-17,19H,6-7H2,1-5H3,(H,33,34). The summed E-state index contributed by atoms with van der Waals surface area (Å²) in [7, 11) is 1.52. The first-order chi connectivity index (χ1) is 16.2. The van der Waals surface area contributed by atoms with E-state index in [2.05, 4.69) is 36.1 Å². The first-order valence-electron chi connectivity index (χ1n) is 11.4. The second-order valence-corrected chi connectivity index (χ2v) is 8.79. The van der Waals surface area contributed by atoms with Gasteiger partial charge in [0.2, 0.25) is 0 Å². The number of hydrogen-bond donors (Lipinski definition) is 1. The SMILES string of the molecule is CCc1cc(-c2cccc(N(CC)c3ccc(Cl)c(C)c3)c2)ccc1C(=O)N(C)C(C)C(=O)O. The molecule has 0 saturated carbocycles. The molecule has 0 spiro atoms. The predicted molar refractivity (Wildman–Crippen MR) is 139 cm³/mol. The van der Waals surface area contributed by atoms with Crippen molar-refractivity contribution in [2.75, 3.05) is 18.5 Å². The van der Waals surface area contributed by atoms with Gasteiger partial charge >= 0.3 is 5.97 Å². The molecule has 0 aromatic heterocycles. The Morgan fingerprint density at radius 2 is 1.65 bits per heavy atom. The number of hydrogen-bond acceptors (Lipinski definition) is 3. The Morgan fingerprint density at radius 3 is 2.26 bits per heavy atom. The van der Waals surface area contributed by atoms with Crippen LogP contribution in [-0.4, -0.2) is 41.5 Å². The number of halogens is 1. The van der Waals surface area contributed by atoms with E-state index in [1.165, 1.54) is 18.9 Å². The minimum absolute atomic E-state index is 0.290. The monoisotopic (exact) mass is 478 g/mol. The van der Waals surface area contributed by atoms with E-state index in [0.717, 1.165) is 45.2 Å². The van der Waals surface area contributed by atoms with E-state index in [1.807, 2.05) is 44.2 Å². The van der Waals surface area contributed by atoms with Crippen molar-refractivity contribution in [3.05, 3.63) is 82.4 Å². The Balaban J connectivity index is 1.96. The molecule has 3 aromatic carbocycles. The molecule has 6 heteroatoms. The van der Waals surface area contributed by atoms with Crippen LogP contribution in [0, 0.1) is 6.92 Å². The van der Waals surface area contributed by atoms with E-state index < -0.39 is 12.0 Å². The topological polar surface area (TPSA) is 60.9 Å². The van der Waals surface area contributed by atoms with Gasteiger partial charge in [-0.2, -0.15) is 0 Å². The molecule has 0 saturated heterocycles. The fourth-order valence-corrected chi connectivity index (χ4v) is 4.09. The maximum Gasteiger partial charge on any atom is 0.326 e. The quantitative estimate of drug-likeness (QED) is 0.397. The molecule has 178 valence electrons. The lowest BCUT2D eigenvalue weighted by Gasteiger charge is -2.25. The second kappa shape index (κ2) is 10.7. The van der Waals surface area contributed by atoms with Gasteiger partial charge in [-0.25, -0.2) is 4.79 Å². The zero-order chi connectivity index (χ0) is 25.0. The number of anilines is 2. The number of likely N-dealkylation sites (N-methyl/N-ethyl adjacent to an activating group) is 1. The van der Waals surface area contributed by atoms with Crippen LogP contribution < -0.4 is 4.90 Å². The molecule has 0 aliphatic rings. The van der Waals surface area contributed by atoms with E-state index in [1.54, 1.807) is 6.07 Å². The van der Waals surface area contributed by atoms with Crippen molar-refractivity contribution < 1.29 is 14.7 Å². The highest BCUT2D eigenvalue weighted by Crippen LogP contribution is 2.32. The van der Waals surface area contributed by atoms with Gasteiger partial charge in [0.15, 0.2) is 0 Å². The molecule has 1 unspecified atom stereocenters. The zero-order valence-corrected chi connectivity index (χ0v) is 21.1. The van der Waals surface area contributed by atoms with Crippen LogP contribution in [0.1, 0.15) is 42.3 Å². The van der Waals surface area contributed by atoms with Crippen molar-refractivity contribution in [1.29, 1.82) is 0 Å². The average molecular weight is 479 g/mol. The number of rotatable bonds is 8. The summed E-state index contributed by atoms with van der Waals surface area (Å²) in [5, 5.41) is 10.0. The summed E-state index contributed by atoms with van der Waals surface area (Å²) >= 11 is 6.22. The van der Waals surface area contributed by atoms with Crippen molar-refractivity contribution in [2.24, 2.45) is 0 Å². The molecule has 0 heterocycles. The molecule has 3 rings (SSSR count). The van der Waals surface area contributed by atoms with Crippen molar-refractivity contribution in [3.8, 4) is 11.1 Å². The number of nitrogens with zero attached hydrogens (tertiary/aromatic N) is 2. The van der Waals surface area contributed by atoms with Crippen LogP contribution in [0.5, 0.6) is 0 Å². The molecule has 0 bridgehead atoms. The molecular formula is C28H31ClN2O3. The van der Waals surface area contributed by atoms with Crippen LogP contribution >= 0.6 is 11.6 Å². The molecule has 5 nitrogen and oxygen atoms in total. The number of carboxylic acid groups (broad SMARTS) is 1. The minimum atomic E-state index is -1.03. The van der Waals surface area contributed by atoms with Crippen molar-refractivity contribution in [2.45, 2.75) is 40.2 Å². The number of aliphatic carboxylic acids is 1. The Kier molecular flexibility index (Phi) is 8.00. The molecule has 34 heavy (non-hydrogen) atoms. The van der Waals surface area contributed by atoms with Gasteiger partial charge in [0.05, 0.1) is 0 Å². The van der Waals surface area contributed by atoms with Gasteiger partial charge in [-0.3, -0.25) is 4.79 Å². The number of carbonyl (C=O) groups is 2. The number of benzene rings is 3. The van der Waals surface area contributed by atoms with E-state index in [4.69, 9.17) is 11.6 Å². The number of aryl methyl sites for hydroxylation is 2. The summed E-state index contributed by atoms with van der Waals surface area (Å²) in [6.45, 7) is 8.41. The van der Waals surface area contributed by atoms with Gasteiger partial charge in [-0.1, -0.05) is 42.8 Å². The molecule has 0 aliphatic heterocycles. The van der Waals surface area contributed by atoms with E-state index in [-0.39, 0.29) is 5.91 Å². The smallest absolute Gasteiger partial charge is 0.326 e. The normalized spacial score (nSPS) is 11.7. The lowest BCUT2D eigenvalue weighted by Crippen LogP contribution is -2.40. The van der Waals surface area contributed by atoms with Crippen LogP contribution in [0.25, 0.3) is 11.1 Å². The molecule has 1 atom stereocenters. The molecule has 0 aliphatic carbocycles. The minimum Gasteiger partial charge on any atom is -0.480 e. The van der Waals surface area contributed by atoms with Crippen molar-refractivity contribution in [1.82, 2.24) is 4.90 Å². The van der Waals surface area contributed by atoms with Gasteiger partial charge in [0, 0.05) is 35.6 Å². The zero-order valence-electron chi connectivity index (χ0n) is 20.3. The van der Waals surface area contributed by atoms with Crippen LogP contribution in [-0.2, 0) is 11.2 Å². The highest BCUT2D eigenvalue weighted by molar-refractivity contribution is 6.31. The van der Waals surface area contributed by atoms with Gasteiger partial charge in [-0.15, -0.1) is 0 Å². The van der Waals surface area contributed by atoms with Crippen LogP contribution in [0.15, 0.2) is 60.7 Å². The summed E-state index contributed by atoms with van der Waals surface area (Å²) in [5.41, 5.74) is 6.64. The molecular weight excluding hydrogens is 448 g/mol. The lowest BCUT2D eigenvalue weighted by molar-refractivity contribution is -0.141. The third-order valence-electron chi connectivity index (χ3n) is 6.24. The first kappa shape index (κ1) is 25.3. The van der Waals surface area contributed by atoms with Crippen LogP contribution in [0.4, 0.5) is 11.4 Å². The Morgan fingerprint density at radius 1 is 0.971 bits per heavy atom. The fraction of sp³-hybridized carbons (Fsp3) is 0.286. The Labute approximate surface area is 206 Å². The highest BCUT2D eigenvalue weighted by atomic mass is 35.5. The van der Waals surface area contributed by atoms with E-state index in [0.29, 0.717) is 12.0 Å². The van der Waals surface area contributed by atoms with E-state index in [9.17, 15) is 14.7 Å². The predicted octanol–water partition coefficient (Wildman–Crippen LogP) is 6.58. The molecule has 0 radical (unpaired) electrons. The van der Waals surface area contributed by atoms with Gasteiger partial charge in [0.1, 0.15) is 6.04 Å². The third kappa shape index (κ3) is 5.26. The van der Waals surface area contributed by atoms with Crippen LogP contribution in [0.2, 0.25) is 5.02 Å². The maximum atomic E-state index is 13.0. The van der Waals surface area contributed by atoms with Gasteiger partial charge in [0.25, 0.3) is 5.91 Å². The lowest BCUT2D eigenvalue weighted by atomic mass is 9.96. The summed E-state index contributed by atoms with van der Waals surface area (Å²) in [4.78, 5) is 27.8. The molecule has 0 fully saturated rings. The van der Waals surface area contributed by atoms with Crippen LogP contribution in [0.3, 0.4) is 0 Å². The van der Waals surface area contributed by atoms with Gasteiger partial charge in [-0.05, 0) is 85.8 Å². The number of carboxylic acids is 1. The first-order valence-corrected chi connectivity index (χ1v) is 11.8. The Bertz CT molecular complexity index is 1210. The average Bonchev–Trinajstić information content (AvgIpc) is 2.85. The Hall–Kier alpha value is -3.31. The van der Waals surface area contributed by atoms with Crippen molar-refractivity contribution in [3.63, 3.8) is 0 Å². The summed E-state index contributed by atoms with van der Waals surface area (Å²) in [6, 6.07) is 19.2. The third-order valence-corrected chi connectivity index (χ3v) is 6.66. The van der Waals surface area contributed by atoms with E-state index >= 15 is 0 Å². The van der Waals surface area contributed by atoms with Crippen molar-refractivity contribution >= 4 is 34.9 Å².